The van der Waals surface area contributed by atoms with Crippen LogP contribution in [0.3, 0.4) is 0 Å². The van der Waals surface area contributed by atoms with E-state index in [4.69, 9.17) is 0 Å². The van der Waals surface area contributed by atoms with Gasteiger partial charge in [0.05, 0.1) is 6.26 Å². The standard InChI is InChI=1S/C19H28N2O2S/c1-24(22,23)20-13-9-17(10-14-20)21-15-19(11-5-6-12-19)18(21)16-7-3-2-4-8-16/h2-4,7-8,17-18H,5-6,9-15H2,1H3. The van der Waals surface area contributed by atoms with E-state index < -0.39 is 10.0 Å². The Bertz CT molecular complexity index is 675. The number of rotatable bonds is 3. The minimum Gasteiger partial charge on any atom is -0.292 e. The molecule has 24 heavy (non-hydrogen) atoms. The summed E-state index contributed by atoms with van der Waals surface area (Å²) in [5, 5.41) is 0. The monoisotopic (exact) mass is 348 g/mol. The summed E-state index contributed by atoms with van der Waals surface area (Å²) in [6.45, 7) is 2.55. The van der Waals surface area contributed by atoms with Gasteiger partial charge in [0.2, 0.25) is 10.0 Å². The number of sulfonamides is 1. The third-order valence-corrected chi connectivity index (χ3v) is 7.79. The third kappa shape index (κ3) is 2.80. The smallest absolute Gasteiger partial charge is 0.211 e. The first-order chi connectivity index (χ1) is 11.5. The van der Waals surface area contributed by atoms with E-state index in [1.54, 1.807) is 4.31 Å². The fourth-order valence-corrected chi connectivity index (χ4v) is 6.19. The molecule has 2 aliphatic heterocycles. The molecular weight excluding hydrogens is 320 g/mol. The predicted molar refractivity (Wildman–Crippen MR) is 96.2 cm³/mol. The Morgan fingerprint density at radius 2 is 1.67 bits per heavy atom. The number of piperidine rings is 1. The Morgan fingerprint density at radius 1 is 1.04 bits per heavy atom. The lowest BCUT2D eigenvalue weighted by Gasteiger charge is -2.60. The first-order valence-electron chi connectivity index (χ1n) is 9.25. The maximum Gasteiger partial charge on any atom is 0.211 e. The lowest BCUT2D eigenvalue weighted by molar-refractivity contribution is -0.109. The molecule has 5 heteroatoms. The second-order valence-corrected chi connectivity index (χ2v) is 9.93. The Hall–Kier alpha value is -0.910. The summed E-state index contributed by atoms with van der Waals surface area (Å²) in [5.41, 5.74) is 1.94. The van der Waals surface area contributed by atoms with Crippen molar-refractivity contribution in [2.75, 3.05) is 25.9 Å². The van der Waals surface area contributed by atoms with Crippen molar-refractivity contribution >= 4 is 10.0 Å². The van der Waals surface area contributed by atoms with Crippen LogP contribution in [0.5, 0.6) is 0 Å². The van der Waals surface area contributed by atoms with Gasteiger partial charge >= 0.3 is 0 Å². The fourth-order valence-electron chi connectivity index (χ4n) is 5.32. The summed E-state index contributed by atoms with van der Waals surface area (Å²) >= 11 is 0. The second-order valence-electron chi connectivity index (χ2n) is 7.95. The Labute approximate surface area is 145 Å². The maximum atomic E-state index is 11.7. The molecule has 2 heterocycles. The van der Waals surface area contributed by atoms with E-state index >= 15 is 0 Å². The molecule has 3 aliphatic rings. The van der Waals surface area contributed by atoms with Gasteiger partial charge in [-0.1, -0.05) is 43.2 Å². The van der Waals surface area contributed by atoms with Crippen molar-refractivity contribution in [3.8, 4) is 0 Å². The van der Waals surface area contributed by atoms with Gasteiger partial charge in [0, 0.05) is 37.1 Å². The van der Waals surface area contributed by atoms with Gasteiger partial charge in [0.25, 0.3) is 0 Å². The number of nitrogens with zero attached hydrogens (tertiary/aromatic N) is 2. The highest BCUT2D eigenvalue weighted by molar-refractivity contribution is 7.88. The minimum absolute atomic E-state index is 0.481. The van der Waals surface area contributed by atoms with E-state index in [0.717, 1.165) is 12.8 Å². The first kappa shape index (κ1) is 16.6. The van der Waals surface area contributed by atoms with Crippen molar-refractivity contribution in [2.45, 2.75) is 50.6 Å². The van der Waals surface area contributed by atoms with E-state index in [1.807, 2.05) is 0 Å². The van der Waals surface area contributed by atoms with Crippen LogP contribution in [0.2, 0.25) is 0 Å². The lowest BCUT2D eigenvalue weighted by Crippen LogP contribution is -2.62. The van der Waals surface area contributed by atoms with Gasteiger partial charge in [-0.15, -0.1) is 0 Å². The topological polar surface area (TPSA) is 40.6 Å². The van der Waals surface area contributed by atoms with E-state index in [1.165, 1.54) is 44.0 Å². The minimum atomic E-state index is -3.04. The zero-order chi connectivity index (χ0) is 16.8. The Balaban J connectivity index is 1.51. The van der Waals surface area contributed by atoms with Crippen LogP contribution in [0.1, 0.15) is 50.1 Å². The van der Waals surface area contributed by atoms with Gasteiger partial charge in [-0.05, 0) is 31.2 Å². The average Bonchev–Trinajstić information content (AvgIpc) is 3.05. The molecule has 0 amide bonds. The number of hydrogen-bond acceptors (Lipinski definition) is 3. The molecule has 4 rings (SSSR count). The van der Waals surface area contributed by atoms with Crippen LogP contribution in [-0.2, 0) is 10.0 Å². The molecule has 132 valence electrons. The van der Waals surface area contributed by atoms with Crippen LogP contribution in [0.25, 0.3) is 0 Å². The van der Waals surface area contributed by atoms with Crippen molar-refractivity contribution in [1.82, 2.24) is 9.21 Å². The van der Waals surface area contributed by atoms with E-state index in [9.17, 15) is 8.42 Å². The van der Waals surface area contributed by atoms with Crippen LogP contribution in [-0.4, -0.2) is 49.6 Å². The zero-order valence-electron chi connectivity index (χ0n) is 14.5. The highest BCUT2D eigenvalue weighted by Gasteiger charge is 2.55. The molecule has 1 saturated carbocycles. The van der Waals surface area contributed by atoms with Crippen molar-refractivity contribution < 1.29 is 8.42 Å². The molecule has 1 atom stereocenters. The molecule has 1 aliphatic carbocycles. The summed E-state index contributed by atoms with van der Waals surface area (Å²) in [5.74, 6) is 0. The summed E-state index contributed by atoms with van der Waals surface area (Å²) in [6.07, 6.45) is 8.69. The fraction of sp³-hybridized carbons (Fsp3) is 0.684. The number of hydrogen-bond donors (Lipinski definition) is 0. The van der Waals surface area contributed by atoms with Crippen LogP contribution in [0.15, 0.2) is 30.3 Å². The highest BCUT2D eigenvalue weighted by Crippen LogP contribution is 2.59. The molecular formula is C19H28N2O2S. The summed E-state index contributed by atoms with van der Waals surface area (Å²) in [7, 11) is -3.04. The van der Waals surface area contributed by atoms with Crippen molar-refractivity contribution in [1.29, 1.82) is 0 Å². The Kier molecular flexibility index (Phi) is 4.22. The van der Waals surface area contributed by atoms with Gasteiger partial charge in [0.1, 0.15) is 0 Å². The van der Waals surface area contributed by atoms with Gasteiger partial charge in [0.15, 0.2) is 0 Å². The SMILES string of the molecule is CS(=O)(=O)N1CCC(N2CC3(CCCC3)C2c2ccccc2)CC1. The molecule has 1 spiro atoms. The van der Waals surface area contributed by atoms with E-state index in [2.05, 4.69) is 35.2 Å². The zero-order valence-corrected chi connectivity index (χ0v) is 15.3. The molecule has 0 bridgehead atoms. The number of benzene rings is 1. The van der Waals surface area contributed by atoms with Crippen LogP contribution >= 0.6 is 0 Å². The normalized spacial score (nSPS) is 29.0. The predicted octanol–water partition coefficient (Wildman–Crippen LogP) is 3.03. The molecule has 0 radical (unpaired) electrons. The second kappa shape index (κ2) is 6.11. The molecule has 1 aromatic rings. The van der Waals surface area contributed by atoms with Crippen LogP contribution in [0.4, 0.5) is 0 Å². The molecule has 2 saturated heterocycles. The first-order valence-corrected chi connectivity index (χ1v) is 11.1. The quantitative estimate of drug-likeness (QED) is 0.843. The molecule has 1 aromatic carbocycles. The maximum absolute atomic E-state index is 11.7. The lowest BCUT2D eigenvalue weighted by atomic mass is 9.66. The van der Waals surface area contributed by atoms with Gasteiger partial charge < -0.3 is 0 Å². The molecule has 4 nitrogen and oxygen atoms in total. The van der Waals surface area contributed by atoms with Crippen LogP contribution < -0.4 is 0 Å². The van der Waals surface area contributed by atoms with Crippen molar-refractivity contribution in [2.24, 2.45) is 5.41 Å². The third-order valence-electron chi connectivity index (χ3n) is 6.49. The van der Waals surface area contributed by atoms with Crippen LogP contribution in [0, 0.1) is 5.41 Å². The summed E-state index contributed by atoms with van der Waals surface area (Å²) in [6, 6.07) is 12.0. The molecule has 0 aromatic heterocycles. The molecule has 0 N–H and O–H groups in total. The largest absolute Gasteiger partial charge is 0.292 e. The Morgan fingerprint density at radius 3 is 2.25 bits per heavy atom. The van der Waals surface area contributed by atoms with E-state index in [-0.39, 0.29) is 0 Å². The van der Waals surface area contributed by atoms with Crippen molar-refractivity contribution in [3.63, 3.8) is 0 Å². The van der Waals surface area contributed by atoms with Gasteiger partial charge in [-0.3, -0.25) is 4.90 Å². The van der Waals surface area contributed by atoms with Crippen molar-refractivity contribution in [3.05, 3.63) is 35.9 Å². The average molecular weight is 349 g/mol. The highest BCUT2D eigenvalue weighted by atomic mass is 32.2. The molecule has 1 unspecified atom stereocenters. The van der Waals surface area contributed by atoms with E-state index in [0.29, 0.717) is 30.6 Å². The van der Waals surface area contributed by atoms with Gasteiger partial charge in [-0.2, -0.15) is 0 Å². The summed E-state index contributed by atoms with van der Waals surface area (Å²) < 4.78 is 25.1. The number of likely N-dealkylation sites (tertiary alicyclic amines) is 1. The molecule has 3 fully saturated rings. The summed E-state index contributed by atoms with van der Waals surface area (Å²) in [4.78, 5) is 2.68. The van der Waals surface area contributed by atoms with Gasteiger partial charge in [-0.25, -0.2) is 12.7 Å².